The normalized spacial score (nSPS) is 17.6. The number of aryl methyl sites for hydroxylation is 1. The van der Waals surface area contributed by atoms with Gasteiger partial charge in [-0.1, -0.05) is 54.1 Å². The van der Waals surface area contributed by atoms with Crippen LogP contribution in [0.3, 0.4) is 0 Å². The lowest BCUT2D eigenvalue weighted by molar-refractivity contribution is -0.132. The molecule has 0 aromatic heterocycles. The summed E-state index contributed by atoms with van der Waals surface area (Å²) in [4.78, 5) is 38.5. The number of anilines is 1. The number of hydrogen-bond donors (Lipinski definition) is 2. The molecule has 0 aliphatic carbocycles. The highest BCUT2D eigenvalue weighted by Gasteiger charge is 2.47. The predicted octanol–water partition coefficient (Wildman–Crippen LogP) is 4.46. The van der Waals surface area contributed by atoms with Gasteiger partial charge in [0.15, 0.2) is 0 Å². The summed E-state index contributed by atoms with van der Waals surface area (Å²) in [5, 5.41) is 20.3. The minimum absolute atomic E-state index is 0.00101. The van der Waals surface area contributed by atoms with Crippen molar-refractivity contribution in [1.82, 2.24) is 0 Å². The summed E-state index contributed by atoms with van der Waals surface area (Å²) in [6.07, 6.45) is 0. The third-order valence-corrected chi connectivity index (χ3v) is 5.34. The van der Waals surface area contributed by atoms with Gasteiger partial charge in [0.1, 0.15) is 11.6 Å². The monoisotopic (exact) mass is 431 g/mol. The van der Waals surface area contributed by atoms with E-state index in [9.17, 15) is 29.0 Å². The molecule has 0 bridgehead atoms. The Morgan fingerprint density at radius 3 is 2.25 bits per heavy atom. The van der Waals surface area contributed by atoms with Crippen LogP contribution in [0, 0.1) is 12.7 Å². The molecule has 1 fully saturated rings. The molecule has 1 aliphatic heterocycles. The molecule has 160 valence electrons. The van der Waals surface area contributed by atoms with Gasteiger partial charge in [0.25, 0.3) is 11.7 Å². The number of ketones is 1. The van der Waals surface area contributed by atoms with E-state index < -0.39 is 35.3 Å². The standard InChI is InChI=1S/C25H18FNO5/c1-14-9-11-15(12-10-14)22(28)20-21(18-7-2-3-8-19(18)26)27(24(30)23(20)29)17-6-4-5-16(13-17)25(31)32/h2-13,21,28H,1H3,(H,31,32). The van der Waals surface area contributed by atoms with E-state index in [1.165, 1.54) is 42.5 Å². The second-order valence-electron chi connectivity index (χ2n) is 7.41. The molecule has 32 heavy (non-hydrogen) atoms. The Labute approximate surface area is 182 Å². The van der Waals surface area contributed by atoms with E-state index in [0.29, 0.717) is 5.56 Å². The number of carboxylic acid groups (broad SMARTS) is 1. The number of carboxylic acids is 1. The molecule has 1 amide bonds. The Hall–Kier alpha value is -4.26. The van der Waals surface area contributed by atoms with E-state index in [1.54, 1.807) is 30.3 Å². The second-order valence-corrected chi connectivity index (χ2v) is 7.41. The maximum absolute atomic E-state index is 14.8. The number of carbonyl (C=O) groups excluding carboxylic acids is 2. The Bertz CT molecular complexity index is 1280. The molecule has 1 heterocycles. The SMILES string of the molecule is Cc1ccc(C(O)=C2C(=O)C(=O)N(c3cccc(C(=O)O)c3)C2c2ccccc2F)cc1. The highest BCUT2D eigenvalue weighted by atomic mass is 19.1. The van der Waals surface area contributed by atoms with Crippen molar-refractivity contribution in [3.05, 3.63) is 106 Å². The number of rotatable bonds is 4. The number of nitrogens with zero attached hydrogens (tertiary/aromatic N) is 1. The van der Waals surface area contributed by atoms with Crippen molar-refractivity contribution < 1.29 is 29.0 Å². The van der Waals surface area contributed by atoms with E-state index in [-0.39, 0.29) is 22.4 Å². The fraction of sp³-hybridized carbons (Fsp3) is 0.0800. The lowest BCUT2D eigenvalue weighted by atomic mass is 9.94. The molecule has 2 N–H and O–H groups in total. The minimum atomic E-state index is -1.28. The average molecular weight is 431 g/mol. The molecule has 3 aromatic rings. The third-order valence-electron chi connectivity index (χ3n) is 5.34. The number of aliphatic hydroxyl groups is 1. The zero-order valence-corrected chi connectivity index (χ0v) is 16.9. The summed E-state index contributed by atoms with van der Waals surface area (Å²) >= 11 is 0. The minimum Gasteiger partial charge on any atom is -0.507 e. The van der Waals surface area contributed by atoms with Crippen LogP contribution < -0.4 is 4.90 Å². The highest BCUT2D eigenvalue weighted by Crippen LogP contribution is 2.43. The summed E-state index contributed by atoms with van der Waals surface area (Å²) < 4.78 is 14.8. The Morgan fingerprint density at radius 2 is 1.59 bits per heavy atom. The zero-order chi connectivity index (χ0) is 23.0. The van der Waals surface area contributed by atoms with E-state index in [2.05, 4.69) is 0 Å². The van der Waals surface area contributed by atoms with Gasteiger partial charge in [0, 0.05) is 16.8 Å². The summed E-state index contributed by atoms with van der Waals surface area (Å²) in [6.45, 7) is 1.86. The summed E-state index contributed by atoms with van der Waals surface area (Å²) in [5.74, 6) is -4.31. The van der Waals surface area contributed by atoms with Crippen LogP contribution in [-0.2, 0) is 9.59 Å². The average Bonchev–Trinajstić information content (AvgIpc) is 3.04. The van der Waals surface area contributed by atoms with Crippen LogP contribution in [0.2, 0.25) is 0 Å². The highest BCUT2D eigenvalue weighted by molar-refractivity contribution is 6.51. The van der Waals surface area contributed by atoms with Crippen molar-refractivity contribution in [2.24, 2.45) is 0 Å². The zero-order valence-electron chi connectivity index (χ0n) is 16.9. The molecule has 0 saturated carbocycles. The first-order valence-corrected chi connectivity index (χ1v) is 9.75. The van der Waals surface area contributed by atoms with Gasteiger partial charge in [-0.2, -0.15) is 0 Å². The van der Waals surface area contributed by atoms with Gasteiger partial charge in [0.2, 0.25) is 0 Å². The molecule has 1 aliphatic rings. The number of aromatic carboxylic acids is 1. The molecule has 0 spiro atoms. The van der Waals surface area contributed by atoms with Crippen molar-refractivity contribution in [3.63, 3.8) is 0 Å². The lowest BCUT2D eigenvalue weighted by Gasteiger charge is -2.26. The molecule has 3 aromatic carbocycles. The van der Waals surface area contributed by atoms with Crippen LogP contribution >= 0.6 is 0 Å². The lowest BCUT2D eigenvalue weighted by Crippen LogP contribution is -2.30. The maximum atomic E-state index is 14.8. The molecule has 4 rings (SSSR count). The van der Waals surface area contributed by atoms with Crippen LogP contribution in [0.4, 0.5) is 10.1 Å². The van der Waals surface area contributed by atoms with Gasteiger partial charge in [-0.25, -0.2) is 9.18 Å². The summed E-state index contributed by atoms with van der Waals surface area (Å²) in [5.41, 5.74) is 0.955. The molecule has 7 heteroatoms. The molecular formula is C25H18FNO5. The number of carbonyl (C=O) groups is 3. The van der Waals surface area contributed by atoms with Crippen molar-refractivity contribution in [1.29, 1.82) is 0 Å². The Morgan fingerprint density at radius 1 is 0.906 bits per heavy atom. The number of Topliss-reactive ketones (excluding diaryl/α,β-unsaturated/α-hetero) is 1. The van der Waals surface area contributed by atoms with Crippen LogP contribution in [0.5, 0.6) is 0 Å². The van der Waals surface area contributed by atoms with Crippen molar-refractivity contribution in [3.8, 4) is 0 Å². The number of aliphatic hydroxyl groups excluding tert-OH is 1. The number of halogens is 1. The van der Waals surface area contributed by atoms with Gasteiger partial charge in [0.05, 0.1) is 17.2 Å². The Balaban J connectivity index is 1.97. The van der Waals surface area contributed by atoms with Gasteiger partial charge in [-0.3, -0.25) is 14.5 Å². The van der Waals surface area contributed by atoms with Crippen molar-refractivity contribution in [2.45, 2.75) is 13.0 Å². The maximum Gasteiger partial charge on any atom is 0.335 e. The third kappa shape index (κ3) is 3.54. The molecule has 1 unspecified atom stereocenters. The van der Waals surface area contributed by atoms with E-state index in [4.69, 9.17) is 0 Å². The first kappa shape index (κ1) is 21.0. The molecular weight excluding hydrogens is 413 g/mol. The summed E-state index contributed by atoms with van der Waals surface area (Å²) in [7, 11) is 0. The molecule has 1 saturated heterocycles. The number of amides is 1. The fourth-order valence-corrected chi connectivity index (χ4v) is 3.75. The van der Waals surface area contributed by atoms with Gasteiger partial charge < -0.3 is 10.2 Å². The van der Waals surface area contributed by atoms with E-state index in [1.807, 2.05) is 6.92 Å². The molecule has 6 nitrogen and oxygen atoms in total. The first-order chi connectivity index (χ1) is 15.3. The first-order valence-electron chi connectivity index (χ1n) is 9.75. The van der Waals surface area contributed by atoms with E-state index >= 15 is 0 Å². The number of benzene rings is 3. The van der Waals surface area contributed by atoms with Crippen LogP contribution in [0.15, 0.2) is 78.4 Å². The van der Waals surface area contributed by atoms with Gasteiger partial charge in [-0.05, 0) is 31.2 Å². The smallest absolute Gasteiger partial charge is 0.335 e. The van der Waals surface area contributed by atoms with Crippen LogP contribution in [-0.4, -0.2) is 27.9 Å². The topological polar surface area (TPSA) is 94.9 Å². The van der Waals surface area contributed by atoms with Gasteiger partial charge >= 0.3 is 5.97 Å². The largest absolute Gasteiger partial charge is 0.507 e. The second kappa shape index (κ2) is 8.11. The Kier molecular flexibility index (Phi) is 5.32. The van der Waals surface area contributed by atoms with Crippen LogP contribution in [0.1, 0.15) is 33.1 Å². The predicted molar refractivity (Wildman–Crippen MR) is 116 cm³/mol. The summed E-state index contributed by atoms with van der Waals surface area (Å²) in [6, 6.07) is 16.5. The van der Waals surface area contributed by atoms with Gasteiger partial charge in [-0.15, -0.1) is 0 Å². The van der Waals surface area contributed by atoms with Crippen molar-refractivity contribution in [2.75, 3.05) is 4.90 Å². The van der Waals surface area contributed by atoms with Crippen molar-refractivity contribution >= 4 is 29.1 Å². The number of hydrogen-bond acceptors (Lipinski definition) is 4. The van der Waals surface area contributed by atoms with Crippen LogP contribution in [0.25, 0.3) is 5.76 Å². The molecule has 1 atom stereocenters. The van der Waals surface area contributed by atoms with E-state index in [0.717, 1.165) is 10.5 Å². The fourth-order valence-electron chi connectivity index (χ4n) is 3.75. The quantitative estimate of drug-likeness (QED) is 0.361. The molecule has 0 radical (unpaired) electrons.